The van der Waals surface area contributed by atoms with E-state index in [1.165, 1.54) is 11.1 Å². The number of nitrogens with zero attached hydrogens (tertiary/aromatic N) is 5. The van der Waals surface area contributed by atoms with E-state index in [4.69, 9.17) is 14.7 Å². The highest BCUT2D eigenvalue weighted by molar-refractivity contribution is 5.86. The number of aromatic nitrogens is 5. The molecule has 1 spiro atoms. The first-order valence-electron chi connectivity index (χ1n) is 14.8. The first-order chi connectivity index (χ1) is 19.8. The van der Waals surface area contributed by atoms with Crippen LogP contribution in [0, 0.1) is 5.41 Å². The van der Waals surface area contributed by atoms with Gasteiger partial charge in [0.1, 0.15) is 5.60 Å². The number of pyridine rings is 1. The summed E-state index contributed by atoms with van der Waals surface area (Å²) in [5, 5.41) is 11.1. The van der Waals surface area contributed by atoms with E-state index in [-0.39, 0.29) is 17.6 Å². The van der Waals surface area contributed by atoms with Gasteiger partial charge in [-0.2, -0.15) is 5.10 Å². The first-order valence-corrected chi connectivity index (χ1v) is 14.8. The Morgan fingerprint density at radius 2 is 1.95 bits per heavy atom. The fraction of sp³-hybridized carbons (Fsp3) is 0.469. The molecule has 7 rings (SSSR count). The number of fused-ring (bicyclic) bond motifs is 3. The van der Waals surface area contributed by atoms with Crippen LogP contribution >= 0.6 is 0 Å². The van der Waals surface area contributed by atoms with E-state index in [1.807, 2.05) is 39.2 Å². The van der Waals surface area contributed by atoms with Crippen molar-refractivity contribution in [3.63, 3.8) is 0 Å². The topological polar surface area (TPSA) is 109 Å². The Morgan fingerprint density at radius 3 is 2.78 bits per heavy atom. The molecule has 9 heteroatoms. The molecule has 0 bridgehead atoms. The molecule has 9 nitrogen and oxygen atoms in total. The van der Waals surface area contributed by atoms with Crippen LogP contribution < -0.4 is 10.2 Å². The number of rotatable bonds is 3. The third-order valence-electron chi connectivity index (χ3n) is 9.06. The van der Waals surface area contributed by atoms with Crippen molar-refractivity contribution in [1.82, 2.24) is 30.5 Å². The van der Waals surface area contributed by atoms with Gasteiger partial charge in [0.25, 0.3) is 0 Å². The van der Waals surface area contributed by atoms with Gasteiger partial charge < -0.3 is 15.0 Å². The number of amides is 1. The molecule has 0 radical (unpaired) electrons. The predicted octanol–water partition coefficient (Wildman–Crippen LogP) is 6.30. The average Bonchev–Trinajstić information content (AvgIpc) is 3.51. The minimum atomic E-state index is -0.537. The highest BCUT2D eigenvalue weighted by Crippen LogP contribution is 2.56. The zero-order chi connectivity index (χ0) is 28.2. The first kappa shape index (κ1) is 25.9. The van der Waals surface area contributed by atoms with Crippen LogP contribution in [-0.2, 0) is 17.6 Å². The van der Waals surface area contributed by atoms with Crippen molar-refractivity contribution in [2.75, 3.05) is 11.4 Å². The van der Waals surface area contributed by atoms with Gasteiger partial charge in [-0.15, -0.1) is 0 Å². The molecule has 1 atom stereocenters. The monoisotopic (exact) mass is 551 g/mol. The Hall–Kier alpha value is -4.01. The van der Waals surface area contributed by atoms with E-state index >= 15 is 0 Å². The zero-order valence-electron chi connectivity index (χ0n) is 24.0. The van der Waals surface area contributed by atoms with Crippen molar-refractivity contribution in [2.45, 2.75) is 83.3 Å². The van der Waals surface area contributed by atoms with Gasteiger partial charge in [0.05, 0.1) is 23.1 Å². The van der Waals surface area contributed by atoms with E-state index in [9.17, 15) is 4.79 Å². The van der Waals surface area contributed by atoms with Crippen LogP contribution in [0.25, 0.3) is 11.2 Å². The number of aryl methyl sites for hydroxylation is 1. The number of benzene rings is 1. The quantitative estimate of drug-likeness (QED) is 0.308. The lowest BCUT2D eigenvalue weighted by Gasteiger charge is -2.42. The minimum Gasteiger partial charge on any atom is -0.444 e. The molecule has 1 saturated carbocycles. The highest BCUT2D eigenvalue weighted by atomic mass is 16.6. The fourth-order valence-electron chi connectivity index (χ4n) is 7.20. The van der Waals surface area contributed by atoms with Gasteiger partial charge in [-0.05, 0) is 94.4 Å². The largest absolute Gasteiger partial charge is 0.444 e. The van der Waals surface area contributed by atoms with Gasteiger partial charge in [-0.1, -0.05) is 24.3 Å². The number of alkyl carbamates (subject to hydrolysis) is 1. The number of nitrogens with one attached hydrogen (secondary N) is 2. The molecule has 0 saturated heterocycles. The normalized spacial score (nSPS) is 23.8. The number of aromatic amines is 1. The summed E-state index contributed by atoms with van der Waals surface area (Å²) < 4.78 is 5.66. The molecular weight excluding hydrogens is 514 g/mol. The van der Waals surface area contributed by atoms with E-state index in [0.29, 0.717) is 5.92 Å². The van der Waals surface area contributed by atoms with Crippen LogP contribution in [0.4, 0.5) is 16.3 Å². The van der Waals surface area contributed by atoms with E-state index in [1.54, 1.807) is 0 Å². The zero-order valence-corrected chi connectivity index (χ0v) is 24.0. The molecule has 3 aliphatic rings. The van der Waals surface area contributed by atoms with Crippen LogP contribution in [0.2, 0.25) is 0 Å². The lowest BCUT2D eigenvalue weighted by atomic mass is 9.66. The predicted molar refractivity (Wildman–Crippen MR) is 157 cm³/mol. The van der Waals surface area contributed by atoms with Gasteiger partial charge in [-0.3, -0.25) is 10.1 Å². The molecule has 2 aliphatic carbocycles. The van der Waals surface area contributed by atoms with Gasteiger partial charge in [0.2, 0.25) is 0 Å². The van der Waals surface area contributed by atoms with Crippen molar-refractivity contribution in [1.29, 1.82) is 0 Å². The summed E-state index contributed by atoms with van der Waals surface area (Å²) in [4.78, 5) is 29.6. The van der Waals surface area contributed by atoms with Crippen LogP contribution in [-0.4, -0.2) is 43.4 Å². The van der Waals surface area contributed by atoms with Gasteiger partial charge >= 0.3 is 6.09 Å². The van der Waals surface area contributed by atoms with Crippen LogP contribution in [0.5, 0.6) is 0 Å². The van der Waals surface area contributed by atoms with E-state index < -0.39 is 5.60 Å². The summed E-state index contributed by atoms with van der Waals surface area (Å²) >= 11 is 0. The molecule has 1 aliphatic heterocycles. The maximum absolute atomic E-state index is 12.9. The minimum absolute atomic E-state index is 0.0224. The van der Waals surface area contributed by atoms with Crippen molar-refractivity contribution in [2.24, 2.45) is 5.41 Å². The summed E-state index contributed by atoms with van der Waals surface area (Å²) in [5.41, 5.74) is 6.72. The molecule has 2 N–H and O–H groups in total. The number of ether oxygens (including phenoxy) is 1. The van der Waals surface area contributed by atoms with Crippen molar-refractivity contribution < 1.29 is 9.53 Å². The number of carbonyl (C=O) groups is 1. The summed E-state index contributed by atoms with van der Waals surface area (Å²) in [5.74, 6) is 1.13. The standard InChI is InChI=1S/C32H37N7O2/c1-31(2,3)41-30(40)36-27-22-9-5-4-8-21(22)18-32(27)14-12-20(13-15-32)24-19-34-26-28(35-24)37-38-29(26)39-17-7-10-23-25(39)11-6-16-33-23/h4-6,8-9,11,16,19-20,27H,7,10,12-15,17-18H2,1-3H3,(H,36,40)(H,35,37,38)/t20-,27-,32-/m0/s1. The molecule has 1 amide bonds. The smallest absolute Gasteiger partial charge is 0.408 e. The Balaban J connectivity index is 1.10. The lowest BCUT2D eigenvalue weighted by Crippen LogP contribution is -2.43. The maximum Gasteiger partial charge on any atom is 0.408 e. The SMILES string of the molecule is CC(C)(C)OC(=O)N[C@H]1c2ccccc2C[C@]12CC[C@@H](c1cnc3c(N4CCCc5ncccc54)n[nH]c3n1)CC2. The summed E-state index contributed by atoms with van der Waals surface area (Å²) in [6.07, 6.45) is 10.4. The molecule has 4 heterocycles. The average molecular weight is 552 g/mol. The number of H-pyrrole nitrogens is 1. The number of hydrogen-bond acceptors (Lipinski definition) is 7. The van der Waals surface area contributed by atoms with Gasteiger partial charge in [0.15, 0.2) is 17.0 Å². The third kappa shape index (κ3) is 4.71. The van der Waals surface area contributed by atoms with Crippen molar-refractivity contribution in [3.8, 4) is 0 Å². The summed E-state index contributed by atoms with van der Waals surface area (Å²) in [6, 6.07) is 12.5. The molecule has 1 aromatic carbocycles. The summed E-state index contributed by atoms with van der Waals surface area (Å²) in [6.45, 7) is 6.59. The fourth-order valence-corrected chi connectivity index (χ4v) is 7.20. The maximum atomic E-state index is 12.9. The highest BCUT2D eigenvalue weighted by Gasteiger charge is 2.49. The third-order valence-corrected chi connectivity index (χ3v) is 9.06. The molecule has 41 heavy (non-hydrogen) atoms. The summed E-state index contributed by atoms with van der Waals surface area (Å²) in [7, 11) is 0. The molecule has 0 unspecified atom stereocenters. The molecule has 3 aromatic heterocycles. The lowest BCUT2D eigenvalue weighted by molar-refractivity contribution is 0.0406. The molecule has 1 fully saturated rings. The van der Waals surface area contributed by atoms with Gasteiger partial charge in [0, 0.05) is 24.9 Å². The second-order valence-electron chi connectivity index (χ2n) is 12.9. The van der Waals surface area contributed by atoms with Crippen LogP contribution in [0.1, 0.15) is 87.3 Å². The second kappa shape index (κ2) is 9.82. The Morgan fingerprint density at radius 1 is 1.12 bits per heavy atom. The molecule has 4 aromatic rings. The van der Waals surface area contributed by atoms with Crippen molar-refractivity contribution >= 4 is 28.8 Å². The number of hydrogen-bond donors (Lipinski definition) is 2. The van der Waals surface area contributed by atoms with E-state index in [2.05, 4.69) is 55.7 Å². The molecular formula is C32H37N7O2. The van der Waals surface area contributed by atoms with Gasteiger partial charge in [-0.25, -0.2) is 14.8 Å². The van der Waals surface area contributed by atoms with E-state index in [0.717, 1.165) is 85.5 Å². The Bertz CT molecular complexity index is 1600. The van der Waals surface area contributed by atoms with Crippen LogP contribution in [0.15, 0.2) is 48.8 Å². The molecule has 212 valence electrons. The van der Waals surface area contributed by atoms with Crippen molar-refractivity contribution in [3.05, 3.63) is 71.3 Å². The number of anilines is 2. The van der Waals surface area contributed by atoms with Crippen LogP contribution in [0.3, 0.4) is 0 Å². The Labute approximate surface area is 240 Å². The Kier molecular flexibility index (Phi) is 6.21. The second-order valence-corrected chi connectivity index (χ2v) is 12.9. The number of carbonyl (C=O) groups excluding carboxylic acids is 1.